The van der Waals surface area contributed by atoms with Gasteiger partial charge in [0.25, 0.3) is 0 Å². The number of ether oxygens (including phenoxy) is 2. The molecule has 0 spiro atoms. The summed E-state index contributed by atoms with van der Waals surface area (Å²) in [6.07, 6.45) is 2.39. The smallest absolute Gasteiger partial charge is 0.143 e. The normalized spacial score (nSPS) is 19.0. The van der Waals surface area contributed by atoms with Gasteiger partial charge in [0, 0.05) is 31.3 Å². The Morgan fingerprint density at radius 3 is 2.70 bits per heavy atom. The van der Waals surface area contributed by atoms with Crippen molar-refractivity contribution < 1.29 is 9.47 Å². The Bertz CT molecular complexity index is 452. The number of hydrogen-bond donors (Lipinski definition) is 1. The lowest BCUT2D eigenvalue weighted by atomic mass is 10.0. The average Bonchev–Trinajstić information content (AvgIpc) is 2.47. The van der Waals surface area contributed by atoms with Gasteiger partial charge in [0.2, 0.25) is 0 Å². The molecule has 1 aliphatic heterocycles. The molecular weight excluding hydrogens is 276 g/mol. The fraction of sp³-hybridized carbons (Fsp3) is 0.600. The van der Waals surface area contributed by atoms with Gasteiger partial charge in [0.15, 0.2) is 0 Å². The monoisotopic (exact) mass is 298 g/mol. The Morgan fingerprint density at radius 2 is 2.05 bits per heavy atom. The van der Waals surface area contributed by atoms with Crippen molar-refractivity contribution in [3.63, 3.8) is 0 Å². The number of piperidine rings is 1. The van der Waals surface area contributed by atoms with Crippen LogP contribution < -0.4 is 19.7 Å². The molecule has 1 heterocycles. The molecule has 0 aromatic heterocycles. The van der Waals surface area contributed by atoms with Crippen molar-refractivity contribution in [3.8, 4) is 11.5 Å². The predicted octanol–water partition coefficient (Wildman–Crippen LogP) is 2.94. The second-order valence-electron chi connectivity index (χ2n) is 5.00. The zero-order valence-corrected chi connectivity index (χ0v) is 13.2. The molecule has 1 atom stereocenters. The number of anilines is 1. The van der Waals surface area contributed by atoms with Crippen LogP contribution in [0.1, 0.15) is 19.8 Å². The largest absolute Gasteiger partial charge is 0.495 e. The Labute approximate surface area is 126 Å². The Hall–Kier alpha value is -1.13. The topological polar surface area (TPSA) is 33.7 Å². The first kappa shape index (κ1) is 15.3. The molecule has 2 rings (SSSR count). The van der Waals surface area contributed by atoms with Crippen LogP contribution in [-0.4, -0.2) is 39.9 Å². The van der Waals surface area contributed by atoms with Crippen LogP contribution in [0.3, 0.4) is 0 Å². The van der Waals surface area contributed by atoms with Crippen molar-refractivity contribution in [3.05, 3.63) is 17.2 Å². The zero-order valence-electron chi connectivity index (χ0n) is 12.4. The summed E-state index contributed by atoms with van der Waals surface area (Å²) in [6, 6.07) is 4.32. The summed E-state index contributed by atoms with van der Waals surface area (Å²) in [6.45, 7) is 5.16. The Balaban J connectivity index is 2.26. The molecule has 1 aliphatic rings. The van der Waals surface area contributed by atoms with Gasteiger partial charge < -0.3 is 19.7 Å². The van der Waals surface area contributed by atoms with Gasteiger partial charge in [-0.15, -0.1) is 0 Å². The van der Waals surface area contributed by atoms with Crippen LogP contribution in [0.2, 0.25) is 5.02 Å². The average molecular weight is 299 g/mol. The highest BCUT2D eigenvalue weighted by atomic mass is 35.5. The summed E-state index contributed by atoms with van der Waals surface area (Å²) in [5.74, 6) is 1.49. The van der Waals surface area contributed by atoms with E-state index in [0.717, 1.165) is 31.1 Å². The SMILES string of the molecule is CCNC1CCCN(c2cc(OC)c(Cl)cc2OC)C1. The lowest BCUT2D eigenvalue weighted by Gasteiger charge is -2.35. The van der Waals surface area contributed by atoms with Crippen LogP contribution in [0.5, 0.6) is 11.5 Å². The summed E-state index contributed by atoms with van der Waals surface area (Å²) < 4.78 is 10.8. The van der Waals surface area contributed by atoms with E-state index < -0.39 is 0 Å². The lowest BCUT2D eigenvalue weighted by molar-refractivity contribution is 0.395. The summed E-state index contributed by atoms with van der Waals surface area (Å²) in [5.41, 5.74) is 1.05. The molecule has 1 N–H and O–H groups in total. The van der Waals surface area contributed by atoms with Gasteiger partial charge in [0.05, 0.1) is 24.9 Å². The molecule has 0 amide bonds. The molecule has 112 valence electrons. The number of methoxy groups -OCH3 is 2. The van der Waals surface area contributed by atoms with Gasteiger partial charge in [-0.1, -0.05) is 18.5 Å². The zero-order chi connectivity index (χ0) is 14.5. The molecule has 1 fully saturated rings. The summed E-state index contributed by atoms with van der Waals surface area (Å²) >= 11 is 6.16. The molecule has 0 aliphatic carbocycles. The van der Waals surface area contributed by atoms with Crippen molar-refractivity contribution in [2.45, 2.75) is 25.8 Å². The van der Waals surface area contributed by atoms with Crippen molar-refractivity contribution in [1.82, 2.24) is 5.32 Å². The third kappa shape index (κ3) is 3.30. The quantitative estimate of drug-likeness (QED) is 0.906. The molecule has 1 unspecified atom stereocenters. The second kappa shape index (κ2) is 7.04. The van der Waals surface area contributed by atoms with E-state index in [1.807, 2.05) is 12.1 Å². The van der Waals surface area contributed by atoms with Crippen LogP contribution in [0, 0.1) is 0 Å². The van der Waals surface area contributed by atoms with Gasteiger partial charge in [-0.2, -0.15) is 0 Å². The number of halogens is 1. The number of nitrogens with zero attached hydrogens (tertiary/aromatic N) is 1. The first-order valence-corrected chi connectivity index (χ1v) is 7.47. The van der Waals surface area contributed by atoms with Gasteiger partial charge in [0.1, 0.15) is 11.5 Å². The van der Waals surface area contributed by atoms with E-state index >= 15 is 0 Å². The summed E-state index contributed by atoms with van der Waals surface area (Å²) in [5, 5.41) is 4.10. The molecule has 5 heteroatoms. The molecule has 0 bridgehead atoms. The van der Waals surface area contributed by atoms with Gasteiger partial charge >= 0.3 is 0 Å². The van der Waals surface area contributed by atoms with E-state index in [9.17, 15) is 0 Å². The number of benzene rings is 1. The van der Waals surface area contributed by atoms with Gasteiger partial charge in [-0.05, 0) is 19.4 Å². The summed E-state index contributed by atoms with van der Waals surface area (Å²) in [4.78, 5) is 2.34. The minimum atomic E-state index is 0.528. The maximum absolute atomic E-state index is 6.16. The van der Waals surface area contributed by atoms with Crippen LogP contribution >= 0.6 is 11.6 Å². The van der Waals surface area contributed by atoms with E-state index in [2.05, 4.69) is 17.1 Å². The first-order valence-electron chi connectivity index (χ1n) is 7.09. The third-order valence-electron chi connectivity index (χ3n) is 3.71. The molecule has 20 heavy (non-hydrogen) atoms. The highest BCUT2D eigenvalue weighted by Crippen LogP contribution is 2.38. The van der Waals surface area contributed by atoms with E-state index in [1.165, 1.54) is 12.8 Å². The van der Waals surface area contributed by atoms with Crippen LogP contribution in [0.25, 0.3) is 0 Å². The van der Waals surface area contributed by atoms with Crippen LogP contribution in [0.4, 0.5) is 5.69 Å². The van der Waals surface area contributed by atoms with E-state index in [4.69, 9.17) is 21.1 Å². The number of nitrogens with one attached hydrogen (secondary N) is 1. The maximum atomic E-state index is 6.16. The molecule has 1 aromatic rings. The Kier molecular flexibility index (Phi) is 5.38. The van der Waals surface area contributed by atoms with E-state index in [1.54, 1.807) is 14.2 Å². The Morgan fingerprint density at radius 1 is 1.30 bits per heavy atom. The molecule has 0 radical (unpaired) electrons. The van der Waals surface area contributed by atoms with Crippen LogP contribution in [0.15, 0.2) is 12.1 Å². The minimum absolute atomic E-state index is 0.528. The van der Waals surface area contributed by atoms with Crippen molar-refractivity contribution >= 4 is 17.3 Å². The second-order valence-corrected chi connectivity index (χ2v) is 5.41. The van der Waals surface area contributed by atoms with Crippen molar-refractivity contribution in [2.24, 2.45) is 0 Å². The van der Waals surface area contributed by atoms with Crippen molar-refractivity contribution in [2.75, 3.05) is 38.8 Å². The molecule has 1 saturated heterocycles. The minimum Gasteiger partial charge on any atom is -0.495 e. The van der Waals surface area contributed by atoms with Gasteiger partial charge in [-0.3, -0.25) is 0 Å². The molecule has 0 saturated carbocycles. The van der Waals surface area contributed by atoms with Crippen molar-refractivity contribution in [1.29, 1.82) is 0 Å². The van der Waals surface area contributed by atoms with E-state index in [0.29, 0.717) is 16.8 Å². The highest BCUT2D eigenvalue weighted by Gasteiger charge is 2.23. The highest BCUT2D eigenvalue weighted by molar-refractivity contribution is 6.32. The van der Waals surface area contributed by atoms with Crippen LogP contribution in [-0.2, 0) is 0 Å². The predicted molar refractivity (Wildman–Crippen MR) is 83.5 cm³/mol. The van der Waals surface area contributed by atoms with Gasteiger partial charge in [-0.25, -0.2) is 0 Å². The molecular formula is C15H23ClN2O2. The summed E-state index contributed by atoms with van der Waals surface area (Å²) in [7, 11) is 3.31. The number of likely N-dealkylation sites (N-methyl/N-ethyl adjacent to an activating group) is 1. The number of rotatable bonds is 5. The molecule has 1 aromatic carbocycles. The fourth-order valence-electron chi connectivity index (χ4n) is 2.74. The van der Waals surface area contributed by atoms with E-state index in [-0.39, 0.29) is 0 Å². The lowest BCUT2D eigenvalue weighted by Crippen LogP contribution is -2.45. The third-order valence-corrected chi connectivity index (χ3v) is 4.00. The fourth-order valence-corrected chi connectivity index (χ4v) is 2.97. The number of hydrogen-bond acceptors (Lipinski definition) is 4. The maximum Gasteiger partial charge on any atom is 0.143 e. The standard InChI is InChI=1S/C15H23ClN2O2/c1-4-17-11-6-5-7-18(10-11)13-9-14(19-2)12(16)8-15(13)20-3/h8-9,11,17H,4-7,10H2,1-3H3. The molecule has 4 nitrogen and oxygen atoms in total. The first-order chi connectivity index (χ1) is 9.69.